The number of benzene rings is 3. The van der Waals surface area contributed by atoms with Gasteiger partial charge in [-0.05, 0) is 36.2 Å². The zero-order valence-electron chi connectivity index (χ0n) is 19.4. The second-order valence-electron chi connectivity index (χ2n) is 8.74. The number of ether oxygens (including phenoxy) is 1. The van der Waals surface area contributed by atoms with E-state index in [-0.39, 0.29) is 11.7 Å². The zero-order chi connectivity index (χ0) is 23.3. The lowest BCUT2D eigenvalue weighted by atomic mass is 10.1. The molecule has 174 valence electrons. The first-order valence-corrected chi connectivity index (χ1v) is 12.9. The van der Waals surface area contributed by atoms with E-state index in [0.29, 0.717) is 10.5 Å². The smallest absolute Gasteiger partial charge is 0.266 e. The van der Waals surface area contributed by atoms with E-state index in [1.165, 1.54) is 16.0 Å². The molecule has 1 aliphatic heterocycles. The van der Waals surface area contributed by atoms with E-state index in [0.717, 1.165) is 49.6 Å². The molecule has 3 aromatic carbocycles. The standard InChI is InChI=1S/C28H29N3O2S/c1-2-21-12-14-23(15-13-21)31-27(32)25-10-6-7-11-26(25)29-28(31)34-20-24-19-30(16-17-33-24)18-22-8-4-3-5-9-22/h3-15,24H,2,16-20H2,1H3/p+1/t24-/m1/s1. The lowest BCUT2D eigenvalue weighted by molar-refractivity contribution is -0.924. The van der Waals surface area contributed by atoms with Gasteiger partial charge in [0.25, 0.3) is 5.56 Å². The van der Waals surface area contributed by atoms with Crippen molar-refractivity contribution in [1.82, 2.24) is 9.55 Å². The first-order valence-electron chi connectivity index (χ1n) is 11.9. The summed E-state index contributed by atoms with van der Waals surface area (Å²) in [5.41, 5.74) is 4.16. The molecular formula is C28H30N3O2S+. The summed E-state index contributed by atoms with van der Waals surface area (Å²) in [7, 11) is 0. The van der Waals surface area contributed by atoms with Crippen molar-refractivity contribution in [3.8, 4) is 5.69 Å². The highest BCUT2D eigenvalue weighted by Crippen LogP contribution is 2.23. The molecule has 1 fully saturated rings. The summed E-state index contributed by atoms with van der Waals surface area (Å²) >= 11 is 1.61. The van der Waals surface area contributed by atoms with E-state index in [2.05, 4.69) is 49.4 Å². The predicted molar refractivity (Wildman–Crippen MR) is 138 cm³/mol. The Bertz CT molecular complexity index is 1310. The van der Waals surface area contributed by atoms with Crippen molar-refractivity contribution in [2.24, 2.45) is 0 Å². The minimum atomic E-state index is -0.0294. The third kappa shape index (κ3) is 5.09. The largest absolute Gasteiger partial charge is 0.366 e. The summed E-state index contributed by atoms with van der Waals surface area (Å²) in [4.78, 5) is 19.9. The number of thioether (sulfide) groups is 1. The summed E-state index contributed by atoms with van der Waals surface area (Å²) in [6.07, 6.45) is 1.09. The van der Waals surface area contributed by atoms with E-state index < -0.39 is 0 Å². The fourth-order valence-electron chi connectivity index (χ4n) is 4.49. The summed E-state index contributed by atoms with van der Waals surface area (Å²) in [5.74, 6) is 0.760. The number of morpholine rings is 1. The summed E-state index contributed by atoms with van der Waals surface area (Å²) in [6.45, 7) is 5.86. The van der Waals surface area contributed by atoms with Crippen molar-refractivity contribution in [2.75, 3.05) is 25.4 Å². The number of nitrogens with zero attached hydrogens (tertiary/aromatic N) is 2. The van der Waals surface area contributed by atoms with Crippen molar-refractivity contribution in [3.63, 3.8) is 0 Å². The van der Waals surface area contributed by atoms with Crippen LogP contribution in [-0.2, 0) is 17.7 Å². The Hall–Kier alpha value is -2.93. The third-order valence-corrected chi connectivity index (χ3v) is 7.44. The normalized spacial score (nSPS) is 18.3. The number of para-hydroxylation sites is 1. The average molecular weight is 473 g/mol. The average Bonchev–Trinajstić information content (AvgIpc) is 2.89. The molecule has 5 nitrogen and oxygen atoms in total. The maximum Gasteiger partial charge on any atom is 0.266 e. The van der Waals surface area contributed by atoms with Crippen molar-refractivity contribution in [1.29, 1.82) is 0 Å². The van der Waals surface area contributed by atoms with Crippen LogP contribution in [0, 0.1) is 0 Å². The Morgan fingerprint density at radius 3 is 2.56 bits per heavy atom. The molecule has 2 atom stereocenters. The molecule has 0 bridgehead atoms. The number of quaternary nitrogens is 1. The van der Waals surface area contributed by atoms with Crippen LogP contribution in [0.3, 0.4) is 0 Å². The van der Waals surface area contributed by atoms with E-state index in [1.807, 2.05) is 36.4 Å². The minimum absolute atomic E-state index is 0.0294. The Balaban J connectivity index is 1.38. The third-order valence-electron chi connectivity index (χ3n) is 6.37. The zero-order valence-corrected chi connectivity index (χ0v) is 20.3. The van der Waals surface area contributed by atoms with Crippen molar-refractivity contribution in [3.05, 3.63) is 100 Å². The monoisotopic (exact) mass is 472 g/mol. The van der Waals surface area contributed by atoms with E-state index in [1.54, 1.807) is 16.3 Å². The molecule has 1 unspecified atom stereocenters. The highest BCUT2D eigenvalue weighted by molar-refractivity contribution is 7.99. The van der Waals surface area contributed by atoms with Gasteiger partial charge in [-0.3, -0.25) is 9.36 Å². The number of rotatable bonds is 7. The first kappa shape index (κ1) is 22.8. The Kier molecular flexibility index (Phi) is 7.09. The van der Waals surface area contributed by atoms with Gasteiger partial charge in [0.05, 0.1) is 23.2 Å². The van der Waals surface area contributed by atoms with Gasteiger partial charge >= 0.3 is 0 Å². The fourth-order valence-corrected chi connectivity index (χ4v) is 5.52. The minimum Gasteiger partial charge on any atom is -0.366 e. The van der Waals surface area contributed by atoms with Crippen LogP contribution in [-0.4, -0.2) is 41.1 Å². The topological polar surface area (TPSA) is 48.6 Å². The molecule has 1 N–H and O–H groups in total. The van der Waals surface area contributed by atoms with Gasteiger partial charge in [0.2, 0.25) is 0 Å². The molecule has 4 aromatic rings. The van der Waals surface area contributed by atoms with E-state index in [9.17, 15) is 4.79 Å². The summed E-state index contributed by atoms with van der Waals surface area (Å²) in [6, 6.07) is 26.4. The lowest BCUT2D eigenvalue weighted by Gasteiger charge is -2.30. The first-order chi connectivity index (χ1) is 16.7. The van der Waals surface area contributed by atoms with Crippen LogP contribution in [0.5, 0.6) is 0 Å². The number of aromatic nitrogens is 2. The van der Waals surface area contributed by atoms with Crippen LogP contribution in [0.2, 0.25) is 0 Å². The molecule has 0 aliphatic carbocycles. The molecule has 1 saturated heterocycles. The van der Waals surface area contributed by atoms with E-state index >= 15 is 0 Å². The van der Waals surface area contributed by atoms with Crippen LogP contribution in [0.1, 0.15) is 18.1 Å². The number of fused-ring (bicyclic) bond motifs is 1. The summed E-state index contributed by atoms with van der Waals surface area (Å²) < 4.78 is 7.86. The van der Waals surface area contributed by atoms with Gasteiger partial charge in [-0.1, -0.05) is 73.3 Å². The van der Waals surface area contributed by atoms with Crippen LogP contribution in [0.4, 0.5) is 0 Å². The molecule has 0 amide bonds. The van der Waals surface area contributed by atoms with Gasteiger partial charge in [-0.2, -0.15) is 0 Å². The highest BCUT2D eigenvalue weighted by Gasteiger charge is 2.25. The van der Waals surface area contributed by atoms with Crippen molar-refractivity contribution < 1.29 is 9.64 Å². The molecule has 1 aliphatic rings. The lowest BCUT2D eigenvalue weighted by Crippen LogP contribution is -3.13. The van der Waals surface area contributed by atoms with Crippen LogP contribution in [0.25, 0.3) is 16.6 Å². The Labute approximate surface area is 204 Å². The van der Waals surface area contributed by atoms with Gasteiger partial charge in [-0.15, -0.1) is 0 Å². The van der Waals surface area contributed by atoms with Gasteiger partial charge in [0, 0.05) is 11.3 Å². The Morgan fingerprint density at radius 2 is 1.76 bits per heavy atom. The molecule has 1 aromatic heterocycles. The van der Waals surface area contributed by atoms with Crippen LogP contribution >= 0.6 is 11.8 Å². The number of aryl methyl sites for hydroxylation is 1. The molecule has 0 spiro atoms. The maximum absolute atomic E-state index is 13.5. The number of hydrogen-bond donors (Lipinski definition) is 1. The van der Waals surface area contributed by atoms with Gasteiger partial charge < -0.3 is 9.64 Å². The quantitative estimate of drug-likeness (QED) is 0.330. The van der Waals surface area contributed by atoms with E-state index in [4.69, 9.17) is 9.72 Å². The number of nitrogens with one attached hydrogen (secondary N) is 1. The van der Waals surface area contributed by atoms with Crippen LogP contribution in [0.15, 0.2) is 88.8 Å². The fraction of sp³-hybridized carbons (Fsp3) is 0.286. The second kappa shape index (κ2) is 10.6. The molecular weight excluding hydrogens is 442 g/mol. The molecule has 6 heteroatoms. The van der Waals surface area contributed by atoms with Gasteiger partial charge in [0.1, 0.15) is 25.7 Å². The predicted octanol–water partition coefficient (Wildman–Crippen LogP) is 3.52. The van der Waals surface area contributed by atoms with Gasteiger partial charge in [0.15, 0.2) is 5.16 Å². The second-order valence-corrected chi connectivity index (χ2v) is 9.73. The highest BCUT2D eigenvalue weighted by atomic mass is 32.2. The van der Waals surface area contributed by atoms with Crippen molar-refractivity contribution >= 4 is 22.7 Å². The molecule has 34 heavy (non-hydrogen) atoms. The maximum atomic E-state index is 13.5. The Morgan fingerprint density at radius 1 is 1.00 bits per heavy atom. The number of hydrogen-bond acceptors (Lipinski definition) is 4. The SMILES string of the molecule is CCc1ccc(-n2c(SC[C@H]3C[NH+](Cc4ccccc4)CCO3)nc3ccccc3c2=O)cc1. The molecule has 0 radical (unpaired) electrons. The molecule has 2 heterocycles. The molecule has 0 saturated carbocycles. The molecule has 5 rings (SSSR count). The van der Waals surface area contributed by atoms with Gasteiger partial charge in [-0.25, -0.2) is 4.98 Å². The van der Waals surface area contributed by atoms with Crippen molar-refractivity contribution in [2.45, 2.75) is 31.1 Å². The van der Waals surface area contributed by atoms with Crippen LogP contribution < -0.4 is 10.5 Å². The summed E-state index contributed by atoms with van der Waals surface area (Å²) in [5, 5.41) is 1.35.